The lowest BCUT2D eigenvalue weighted by Crippen LogP contribution is -2.43. The number of hydrogen-bond acceptors (Lipinski definition) is 4. The number of halogens is 3. The quantitative estimate of drug-likeness (QED) is 0.814. The highest BCUT2D eigenvalue weighted by atomic mass is 19.4. The zero-order valence-electron chi connectivity index (χ0n) is 14.8. The van der Waals surface area contributed by atoms with Gasteiger partial charge in [0.2, 0.25) is 0 Å². The Morgan fingerprint density at radius 2 is 2.00 bits per heavy atom. The maximum Gasteiger partial charge on any atom is 0.417 e. The van der Waals surface area contributed by atoms with Crippen LogP contribution in [0.5, 0.6) is 5.75 Å². The number of nitrogens with one attached hydrogen (secondary N) is 1. The van der Waals surface area contributed by atoms with Crippen LogP contribution in [0, 0.1) is 5.92 Å². The van der Waals surface area contributed by atoms with Crippen LogP contribution in [0.15, 0.2) is 33.5 Å². The van der Waals surface area contributed by atoms with E-state index < -0.39 is 17.4 Å². The molecular weight excluding hydrogens is 363 g/mol. The van der Waals surface area contributed by atoms with E-state index in [2.05, 4.69) is 12.2 Å². The molecule has 1 aromatic carbocycles. The highest BCUT2D eigenvalue weighted by Crippen LogP contribution is 2.34. The number of rotatable bonds is 4. The van der Waals surface area contributed by atoms with E-state index in [1.807, 2.05) is 0 Å². The van der Waals surface area contributed by atoms with Crippen molar-refractivity contribution in [1.82, 2.24) is 5.32 Å². The maximum atomic E-state index is 13.0. The summed E-state index contributed by atoms with van der Waals surface area (Å²) in [4.78, 5) is 23.5. The number of ether oxygens (including phenoxy) is 1. The lowest BCUT2D eigenvalue weighted by molar-refractivity contribution is -0.136. The molecule has 1 heterocycles. The van der Waals surface area contributed by atoms with Gasteiger partial charge in [-0.05, 0) is 30.9 Å². The van der Waals surface area contributed by atoms with Crippen molar-refractivity contribution in [3.63, 3.8) is 0 Å². The molecule has 2 atom stereocenters. The van der Waals surface area contributed by atoms with Gasteiger partial charge < -0.3 is 14.5 Å². The molecule has 1 saturated carbocycles. The van der Waals surface area contributed by atoms with Gasteiger partial charge in [-0.15, -0.1) is 0 Å². The van der Waals surface area contributed by atoms with Crippen molar-refractivity contribution in [3.8, 4) is 5.75 Å². The van der Waals surface area contributed by atoms with Crippen molar-refractivity contribution in [3.05, 3.63) is 40.2 Å². The molecule has 3 rings (SSSR count). The van der Waals surface area contributed by atoms with E-state index in [0.717, 1.165) is 31.7 Å². The lowest BCUT2D eigenvalue weighted by Gasteiger charge is -2.29. The van der Waals surface area contributed by atoms with Gasteiger partial charge in [-0.2, -0.15) is 13.2 Å². The van der Waals surface area contributed by atoms with Gasteiger partial charge in [0, 0.05) is 23.6 Å². The first-order chi connectivity index (χ1) is 12.7. The molecule has 5 nitrogen and oxygen atoms in total. The number of carbonyl (C=O) groups excluding carboxylic acids is 1. The smallest absolute Gasteiger partial charge is 0.417 e. The molecule has 27 heavy (non-hydrogen) atoms. The monoisotopic (exact) mass is 383 g/mol. The molecule has 2 unspecified atom stereocenters. The van der Waals surface area contributed by atoms with Crippen molar-refractivity contribution in [2.24, 2.45) is 5.92 Å². The second kappa shape index (κ2) is 7.62. The zero-order chi connectivity index (χ0) is 19.6. The summed E-state index contributed by atoms with van der Waals surface area (Å²) < 4.78 is 49.3. The molecule has 1 N–H and O–H groups in total. The Hall–Kier alpha value is -2.51. The third kappa shape index (κ3) is 4.61. The molecule has 2 aromatic rings. The molecule has 1 aliphatic rings. The van der Waals surface area contributed by atoms with E-state index >= 15 is 0 Å². The average molecular weight is 383 g/mol. The first kappa shape index (κ1) is 19.3. The van der Waals surface area contributed by atoms with E-state index in [9.17, 15) is 22.8 Å². The molecule has 0 radical (unpaired) electrons. The Balaban J connectivity index is 1.70. The standard InChI is InChI=1S/C19H20F3NO4/c1-11-4-2-3-5-15(11)23-17(24)10-26-12-6-7-13-14(19(20,21)22)9-18(25)27-16(13)8-12/h6-9,11,15H,2-5,10H2,1H3,(H,23,24). The topological polar surface area (TPSA) is 68.5 Å². The number of hydrogen-bond donors (Lipinski definition) is 1. The van der Waals surface area contributed by atoms with E-state index in [0.29, 0.717) is 12.0 Å². The fourth-order valence-electron chi connectivity index (χ4n) is 3.40. The van der Waals surface area contributed by atoms with Gasteiger partial charge in [0.1, 0.15) is 11.3 Å². The highest BCUT2D eigenvalue weighted by molar-refractivity contribution is 5.82. The lowest BCUT2D eigenvalue weighted by atomic mass is 9.86. The van der Waals surface area contributed by atoms with E-state index in [-0.39, 0.29) is 35.3 Å². The second-order valence-corrected chi connectivity index (χ2v) is 6.86. The Kier molecular flexibility index (Phi) is 5.43. The van der Waals surface area contributed by atoms with Crippen LogP contribution in [0.2, 0.25) is 0 Å². The zero-order valence-corrected chi connectivity index (χ0v) is 14.8. The molecular formula is C19H20F3NO4. The summed E-state index contributed by atoms with van der Waals surface area (Å²) in [5.74, 6) is 0.259. The SMILES string of the molecule is CC1CCCCC1NC(=O)COc1ccc2c(C(F)(F)F)cc(=O)oc2c1. The van der Waals surface area contributed by atoms with Crippen molar-refractivity contribution in [2.45, 2.75) is 44.8 Å². The molecule has 1 aromatic heterocycles. The summed E-state index contributed by atoms with van der Waals surface area (Å²) in [5.41, 5.74) is -2.41. The van der Waals surface area contributed by atoms with Crippen LogP contribution < -0.4 is 15.7 Å². The summed E-state index contributed by atoms with van der Waals surface area (Å²) in [6.45, 7) is 1.83. The van der Waals surface area contributed by atoms with Crippen LogP contribution in [0.1, 0.15) is 38.2 Å². The van der Waals surface area contributed by atoms with Gasteiger partial charge in [-0.1, -0.05) is 19.8 Å². The Labute approximate surface area is 153 Å². The van der Waals surface area contributed by atoms with Gasteiger partial charge >= 0.3 is 11.8 Å². The largest absolute Gasteiger partial charge is 0.484 e. The third-order valence-corrected chi connectivity index (χ3v) is 4.85. The molecule has 1 aliphatic carbocycles. The molecule has 146 valence electrons. The van der Waals surface area contributed by atoms with Crippen molar-refractivity contribution in [2.75, 3.05) is 6.61 Å². The number of carbonyl (C=O) groups is 1. The Morgan fingerprint density at radius 1 is 1.26 bits per heavy atom. The summed E-state index contributed by atoms with van der Waals surface area (Å²) in [6, 6.07) is 4.19. The highest BCUT2D eigenvalue weighted by Gasteiger charge is 2.34. The molecule has 0 aliphatic heterocycles. The molecule has 8 heteroatoms. The fourth-order valence-corrected chi connectivity index (χ4v) is 3.40. The minimum Gasteiger partial charge on any atom is -0.484 e. The fraction of sp³-hybridized carbons (Fsp3) is 0.474. The minimum atomic E-state index is -4.67. The van der Waals surface area contributed by atoms with Crippen molar-refractivity contribution in [1.29, 1.82) is 0 Å². The van der Waals surface area contributed by atoms with E-state index in [1.165, 1.54) is 12.1 Å². The third-order valence-electron chi connectivity index (χ3n) is 4.85. The summed E-state index contributed by atoms with van der Waals surface area (Å²) in [6.07, 6.45) is -0.452. The number of benzene rings is 1. The predicted molar refractivity (Wildman–Crippen MR) is 92.5 cm³/mol. The van der Waals surface area contributed by atoms with E-state index in [1.54, 1.807) is 0 Å². The normalized spacial score (nSPS) is 20.4. The average Bonchev–Trinajstić information content (AvgIpc) is 2.60. The van der Waals surface area contributed by atoms with Crippen molar-refractivity contribution >= 4 is 16.9 Å². The molecule has 0 bridgehead atoms. The first-order valence-corrected chi connectivity index (χ1v) is 8.81. The molecule has 0 spiro atoms. The van der Waals surface area contributed by atoms with E-state index in [4.69, 9.17) is 9.15 Å². The molecule has 0 saturated heterocycles. The number of fused-ring (bicyclic) bond motifs is 1. The van der Waals surface area contributed by atoms with Gasteiger partial charge in [0.05, 0.1) is 5.56 Å². The summed E-state index contributed by atoms with van der Waals surface area (Å²) in [7, 11) is 0. The first-order valence-electron chi connectivity index (χ1n) is 8.81. The van der Waals surface area contributed by atoms with Gasteiger partial charge in [0.15, 0.2) is 6.61 Å². The molecule has 1 amide bonds. The van der Waals surface area contributed by atoms with Crippen LogP contribution in [0.25, 0.3) is 11.0 Å². The predicted octanol–water partition coefficient (Wildman–Crippen LogP) is 3.89. The van der Waals surface area contributed by atoms with Crippen molar-refractivity contribution < 1.29 is 27.1 Å². The van der Waals surface area contributed by atoms with Gasteiger partial charge in [0.25, 0.3) is 5.91 Å². The second-order valence-electron chi connectivity index (χ2n) is 6.86. The Bertz CT molecular complexity index is 891. The number of amides is 1. The van der Waals surface area contributed by atoms with Crippen LogP contribution in [0.4, 0.5) is 13.2 Å². The maximum absolute atomic E-state index is 13.0. The van der Waals surface area contributed by atoms with Gasteiger partial charge in [-0.25, -0.2) is 4.79 Å². The van der Waals surface area contributed by atoms with Crippen LogP contribution in [-0.2, 0) is 11.0 Å². The van der Waals surface area contributed by atoms with Crippen LogP contribution in [0.3, 0.4) is 0 Å². The summed E-state index contributed by atoms with van der Waals surface area (Å²) >= 11 is 0. The van der Waals surface area contributed by atoms with Crippen LogP contribution in [-0.4, -0.2) is 18.6 Å². The number of alkyl halides is 3. The van der Waals surface area contributed by atoms with Crippen LogP contribution >= 0.6 is 0 Å². The molecule has 1 fully saturated rings. The minimum absolute atomic E-state index is 0.110. The Morgan fingerprint density at radius 3 is 2.70 bits per heavy atom. The summed E-state index contributed by atoms with van der Waals surface area (Å²) in [5, 5.41) is 2.69. The van der Waals surface area contributed by atoms with Gasteiger partial charge in [-0.3, -0.25) is 4.79 Å².